The third-order valence-electron chi connectivity index (χ3n) is 6.90. The Labute approximate surface area is 214 Å². The quantitative estimate of drug-likeness (QED) is 0.522. The third kappa shape index (κ3) is 5.43. The molecular weight excluding hydrogens is 452 g/mol. The third-order valence-corrected chi connectivity index (χ3v) is 6.90. The molecule has 2 aliphatic rings. The molecule has 1 saturated heterocycles. The van der Waals surface area contributed by atoms with Crippen molar-refractivity contribution in [2.75, 3.05) is 26.2 Å². The molecule has 1 fully saturated rings. The van der Waals surface area contributed by atoms with Gasteiger partial charge in [0.2, 0.25) is 0 Å². The highest BCUT2D eigenvalue weighted by Gasteiger charge is 2.41. The van der Waals surface area contributed by atoms with E-state index in [2.05, 4.69) is 25.1 Å². The zero-order valence-electron chi connectivity index (χ0n) is 22.4. The fourth-order valence-corrected chi connectivity index (χ4v) is 4.90. The van der Waals surface area contributed by atoms with E-state index in [1.807, 2.05) is 69.9 Å². The molecule has 0 N–H and O–H groups in total. The fourth-order valence-electron chi connectivity index (χ4n) is 4.90. The first kappa shape index (κ1) is 25.8. The molecule has 192 valence electrons. The van der Waals surface area contributed by atoms with Gasteiger partial charge in [-0.25, -0.2) is 4.79 Å². The SMILES string of the molecule is CCN(CC)C(=O)c1ccc(C2=CC3(CCN(C(=O)OC(C)(C)C)CC3)Oc3ccc(C)cc32)cc1. The largest absolute Gasteiger partial charge is 0.482 e. The number of amides is 2. The first-order chi connectivity index (χ1) is 17.0. The van der Waals surface area contributed by atoms with Gasteiger partial charge in [0.05, 0.1) is 0 Å². The molecule has 0 unspecified atom stereocenters. The van der Waals surface area contributed by atoms with Crippen molar-refractivity contribution < 1.29 is 19.1 Å². The standard InChI is InChI=1S/C30H38N2O4/c1-7-31(8-2)27(33)23-12-10-22(11-13-23)25-20-30(35-26-14-9-21(3)19-24(25)26)15-17-32(18-16-30)28(34)36-29(4,5)6/h9-14,19-20H,7-8,15-18H2,1-6H3. The van der Waals surface area contributed by atoms with E-state index in [1.54, 1.807) is 4.90 Å². The number of piperidine rings is 1. The highest BCUT2D eigenvalue weighted by Crippen LogP contribution is 2.43. The Morgan fingerprint density at radius 2 is 1.67 bits per heavy atom. The summed E-state index contributed by atoms with van der Waals surface area (Å²) in [5, 5.41) is 0. The Morgan fingerprint density at radius 1 is 1.03 bits per heavy atom. The van der Waals surface area contributed by atoms with E-state index in [9.17, 15) is 9.59 Å². The topological polar surface area (TPSA) is 59.1 Å². The highest BCUT2D eigenvalue weighted by atomic mass is 16.6. The summed E-state index contributed by atoms with van der Waals surface area (Å²) in [6.45, 7) is 14.2. The molecule has 0 atom stereocenters. The molecule has 0 bridgehead atoms. The van der Waals surface area contributed by atoms with Gasteiger partial charge in [-0.3, -0.25) is 4.79 Å². The van der Waals surface area contributed by atoms with Gasteiger partial charge in [-0.2, -0.15) is 0 Å². The van der Waals surface area contributed by atoms with Crippen molar-refractivity contribution in [2.24, 2.45) is 0 Å². The van der Waals surface area contributed by atoms with E-state index < -0.39 is 11.2 Å². The van der Waals surface area contributed by atoms with Crippen molar-refractivity contribution in [3.05, 3.63) is 70.8 Å². The van der Waals surface area contributed by atoms with Crippen LogP contribution in [0.15, 0.2) is 48.5 Å². The number of rotatable bonds is 4. The zero-order chi connectivity index (χ0) is 26.1. The summed E-state index contributed by atoms with van der Waals surface area (Å²) in [5.41, 5.74) is 4.05. The number of nitrogens with zero attached hydrogens (tertiary/aromatic N) is 2. The minimum Gasteiger partial charge on any atom is -0.482 e. The van der Waals surface area contributed by atoms with Crippen LogP contribution in [0.2, 0.25) is 0 Å². The van der Waals surface area contributed by atoms with Crippen molar-refractivity contribution in [3.63, 3.8) is 0 Å². The number of hydrogen-bond acceptors (Lipinski definition) is 4. The van der Waals surface area contributed by atoms with E-state index in [1.165, 1.54) is 0 Å². The van der Waals surface area contributed by atoms with Gasteiger partial charge in [-0.15, -0.1) is 0 Å². The van der Waals surface area contributed by atoms with Gasteiger partial charge in [0.25, 0.3) is 5.91 Å². The number of likely N-dealkylation sites (tertiary alicyclic amines) is 1. The van der Waals surface area contributed by atoms with Crippen LogP contribution in [-0.2, 0) is 4.74 Å². The number of carbonyl (C=O) groups excluding carboxylic acids is 2. The first-order valence-electron chi connectivity index (χ1n) is 12.9. The fraction of sp³-hybridized carbons (Fsp3) is 0.467. The molecule has 0 aromatic heterocycles. The molecule has 2 heterocycles. The Balaban J connectivity index is 1.63. The maximum absolute atomic E-state index is 12.8. The number of hydrogen-bond donors (Lipinski definition) is 0. The summed E-state index contributed by atoms with van der Waals surface area (Å²) in [6.07, 6.45) is 3.31. The maximum atomic E-state index is 12.8. The molecule has 0 saturated carbocycles. The molecule has 4 rings (SSSR count). The smallest absolute Gasteiger partial charge is 0.410 e. The molecule has 2 amide bonds. The summed E-state index contributed by atoms with van der Waals surface area (Å²) in [5.74, 6) is 0.904. The van der Waals surface area contributed by atoms with Gasteiger partial charge in [0.15, 0.2) is 0 Å². The van der Waals surface area contributed by atoms with Gasteiger partial charge >= 0.3 is 6.09 Å². The van der Waals surface area contributed by atoms with Crippen LogP contribution in [0.4, 0.5) is 4.79 Å². The summed E-state index contributed by atoms with van der Waals surface area (Å²) in [4.78, 5) is 29.0. The normalized spacial score (nSPS) is 16.6. The molecule has 6 heteroatoms. The van der Waals surface area contributed by atoms with Crippen LogP contribution in [0.25, 0.3) is 5.57 Å². The molecule has 36 heavy (non-hydrogen) atoms. The molecule has 2 aromatic rings. The summed E-state index contributed by atoms with van der Waals surface area (Å²) in [7, 11) is 0. The minimum absolute atomic E-state index is 0.0507. The Morgan fingerprint density at radius 3 is 2.25 bits per heavy atom. The van der Waals surface area contributed by atoms with Crippen LogP contribution in [0.5, 0.6) is 5.75 Å². The Kier molecular flexibility index (Phi) is 7.17. The van der Waals surface area contributed by atoms with Crippen molar-refractivity contribution in [1.29, 1.82) is 0 Å². The molecule has 0 aliphatic carbocycles. The minimum atomic E-state index is -0.518. The van der Waals surface area contributed by atoms with Crippen LogP contribution >= 0.6 is 0 Å². The van der Waals surface area contributed by atoms with Gasteiger partial charge in [0.1, 0.15) is 17.0 Å². The number of ether oxygens (including phenoxy) is 2. The molecule has 2 aromatic carbocycles. The van der Waals surface area contributed by atoms with E-state index in [0.29, 0.717) is 44.6 Å². The monoisotopic (exact) mass is 490 g/mol. The van der Waals surface area contributed by atoms with Crippen LogP contribution < -0.4 is 4.74 Å². The first-order valence-corrected chi connectivity index (χ1v) is 12.9. The predicted molar refractivity (Wildman–Crippen MR) is 142 cm³/mol. The summed E-state index contributed by atoms with van der Waals surface area (Å²) >= 11 is 0. The van der Waals surface area contributed by atoms with E-state index in [-0.39, 0.29) is 12.0 Å². The van der Waals surface area contributed by atoms with E-state index >= 15 is 0 Å². The zero-order valence-corrected chi connectivity index (χ0v) is 22.4. The lowest BCUT2D eigenvalue weighted by Gasteiger charge is -2.43. The number of aryl methyl sites for hydroxylation is 1. The van der Waals surface area contributed by atoms with Crippen LogP contribution in [0.3, 0.4) is 0 Å². The van der Waals surface area contributed by atoms with Crippen molar-refractivity contribution in [2.45, 2.75) is 65.6 Å². The second-order valence-electron chi connectivity index (χ2n) is 10.7. The lowest BCUT2D eigenvalue weighted by atomic mass is 9.82. The van der Waals surface area contributed by atoms with E-state index in [4.69, 9.17) is 9.47 Å². The second kappa shape index (κ2) is 10.00. The van der Waals surface area contributed by atoms with Crippen LogP contribution in [0, 0.1) is 6.92 Å². The van der Waals surface area contributed by atoms with Crippen molar-refractivity contribution in [1.82, 2.24) is 9.80 Å². The lowest BCUT2D eigenvalue weighted by molar-refractivity contribution is -0.00117. The second-order valence-corrected chi connectivity index (χ2v) is 10.7. The average molecular weight is 491 g/mol. The predicted octanol–water partition coefficient (Wildman–Crippen LogP) is 6.07. The average Bonchev–Trinajstić information content (AvgIpc) is 2.84. The van der Waals surface area contributed by atoms with Gasteiger partial charge in [-0.1, -0.05) is 23.8 Å². The lowest BCUT2D eigenvalue weighted by Crippen LogP contribution is -2.50. The highest BCUT2D eigenvalue weighted by molar-refractivity contribution is 5.95. The van der Waals surface area contributed by atoms with Crippen LogP contribution in [-0.4, -0.2) is 59.2 Å². The molecule has 1 spiro atoms. The Bertz CT molecular complexity index is 1150. The van der Waals surface area contributed by atoms with Crippen LogP contribution in [0.1, 0.15) is 74.5 Å². The van der Waals surface area contributed by atoms with Crippen molar-refractivity contribution >= 4 is 17.6 Å². The summed E-state index contributed by atoms with van der Waals surface area (Å²) in [6, 6.07) is 14.2. The van der Waals surface area contributed by atoms with Crippen molar-refractivity contribution in [3.8, 4) is 5.75 Å². The Hall–Kier alpha value is -3.28. The van der Waals surface area contributed by atoms with E-state index in [0.717, 1.165) is 28.0 Å². The van der Waals surface area contributed by atoms with Gasteiger partial charge in [-0.05, 0) is 83.0 Å². The summed E-state index contributed by atoms with van der Waals surface area (Å²) < 4.78 is 12.2. The molecular formula is C30H38N2O4. The number of benzene rings is 2. The maximum Gasteiger partial charge on any atom is 0.410 e. The number of carbonyl (C=O) groups is 2. The van der Waals surface area contributed by atoms with Gasteiger partial charge in [0, 0.05) is 50.1 Å². The van der Waals surface area contributed by atoms with Gasteiger partial charge < -0.3 is 19.3 Å². The molecule has 2 aliphatic heterocycles. The molecule has 6 nitrogen and oxygen atoms in total. The number of fused-ring (bicyclic) bond motifs is 1. The molecule has 0 radical (unpaired) electrons.